The first-order valence-corrected chi connectivity index (χ1v) is 11.3. The van der Waals surface area contributed by atoms with Crippen LogP contribution in [0.25, 0.3) is 0 Å². The molecule has 35 heavy (non-hydrogen) atoms. The number of hydrogen-bond donors (Lipinski definition) is 9. The third kappa shape index (κ3) is 14.4. The molecule has 4 amide bonds. The normalized spacial score (nSPS) is 14.0. The predicted octanol–water partition coefficient (Wildman–Crippen LogP) is -3.68. The zero-order chi connectivity index (χ0) is 27.0. The topological polar surface area (TPSA) is 284 Å². The van der Waals surface area contributed by atoms with Crippen LogP contribution < -0.4 is 44.6 Å². The van der Waals surface area contributed by atoms with Crippen LogP contribution in [0.2, 0.25) is 0 Å². The van der Waals surface area contributed by atoms with Gasteiger partial charge in [-0.05, 0) is 52.0 Å². The average molecular weight is 502 g/mol. The lowest BCUT2D eigenvalue weighted by Crippen LogP contribution is -2.57. The van der Waals surface area contributed by atoms with Crippen molar-refractivity contribution in [2.24, 2.45) is 33.7 Å². The summed E-state index contributed by atoms with van der Waals surface area (Å²) in [7, 11) is 0. The minimum Gasteiger partial charge on any atom is -0.480 e. The fourth-order valence-electron chi connectivity index (χ4n) is 2.93. The van der Waals surface area contributed by atoms with Crippen LogP contribution in [0.4, 0.5) is 0 Å². The standard InChI is InChI=1S/C20H39N9O6/c1-11(22)16(31)27-12(5-2-3-9-21)17(32)28-13(7-8-15(23)30)18(33)29-14(19(34)35)6-4-10-26-20(24)25/h11-14H,2-10,21-22H2,1H3,(H2,23,30)(H,27,31)(H,28,32)(H,29,33)(H,34,35)(H4,24,25,26). The molecule has 0 aliphatic rings. The number of hydrogen-bond acceptors (Lipinski definition) is 8. The second-order valence-corrected chi connectivity index (χ2v) is 8.05. The highest BCUT2D eigenvalue weighted by atomic mass is 16.4. The van der Waals surface area contributed by atoms with Crippen molar-refractivity contribution in [1.29, 1.82) is 0 Å². The molecule has 0 aromatic rings. The zero-order valence-electron chi connectivity index (χ0n) is 20.0. The van der Waals surface area contributed by atoms with Crippen molar-refractivity contribution >= 4 is 35.6 Å². The molecule has 15 heteroatoms. The van der Waals surface area contributed by atoms with Crippen LogP contribution in [0, 0.1) is 0 Å². The van der Waals surface area contributed by atoms with Gasteiger partial charge in [-0.3, -0.25) is 24.2 Å². The van der Waals surface area contributed by atoms with Gasteiger partial charge in [0, 0.05) is 13.0 Å². The molecule has 4 unspecified atom stereocenters. The molecule has 0 spiro atoms. The van der Waals surface area contributed by atoms with Crippen LogP contribution >= 0.6 is 0 Å². The zero-order valence-corrected chi connectivity index (χ0v) is 20.0. The lowest BCUT2D eigenvalue weighted by atomic mass is 10.0. The van der Waals surface area contributed by atoms with Crippen LogP contribution in [0.5, 0.6) is 0 Å². The van der Waals surface area contributed by atoms with E-state index in [1.54, 1.807) is 0 Å². The van der Waals surface area contributed by atoms with Crippen LogP contribution in [0.3, 0.4) is 0 Å². The molecule has 0 fully saturated rings. The van der Waals surface area contributed by atoms with Gasteiger partial charge in [-0.25, -0.2) is 4.79 Å². The number of unbranched alkanes of at least 4 members (excludes halogenated alkanes) is 1. The number of primary amides is 1. The Kier molecular flexibility index (Phi) is 15.4. The summed E-state index contributed by atoms with van der Waals surface area (Å²) in [5, 5.41) is 16.8. The SMILES string of the molecule is CC(N)C(=O)NC(CCCCN)C(=O)NC(CCC(N)=O)C(=O)NC(CCCN=C(N)N)C(=O)O. The molecule has 0 heterocycles. The Morgan fingerprint density at radius 3 is 1.80 bits per heavy atom. The molecule has 0 aliphatic heterocycles. The maximum atomic E-state index is 12.9. The van der Waals surface area contributed by atoms with Crippen molar-refractivity contribution in [3.8, 4) is 0 Å². The third-order valence-electron chi connectivity index (χ3n) is 4.87. The van der Waals surface area contributed by atoms with Crippen molar-refractivity contribution in [2.45, 2.75) is 76.0 Å². The molecule has 200 valence electrons. The molecule has 0 saturated carbocycles. The van der Waals surface area contributed by atoms with Gasteiger partial charge in [-0.15, -0.1) is 0 Å². The Balaban J connectivity index is 5.45. The summed E-state index contributed by atoms with van der Waals surface area (Å²) in [6.07, 6.45) is 1.20. The van der Waals surface area contributed by atoms with Crippen molar-refractivity contribution in [3.63, 3.8) is 0 Å². The highest BCUT2D eigenvalue weighted by Crippen LogP contribution is 2.06. The number of nitrogens with two attached hydrogens (primary N) is 5. The smallest absolute Gasteiger partial charge is 0.326 e. The van der Waals surface area contributed by atoms with E-state index >= 15 is 0 Å². The lowest BCUT2D eigenvalue weighted by molar-refractivity contribution is -0.142. The third-order valence-corrected chi connectivity index (χ3v) is 4.87. The van der Waals surface area contributed by atoms with Crippen LogP contribution in [0.15, 0.2) is 4.99 Å². The molecule has 0 rings (SSSR count). The van der Waals surface area contributed by atoms with Crippen molar-refractivity contribution in [3.05, 3.63) is 0 Å². The fourth-order valence-corrected chi connectivity index (χ4v) is 2.93. The summed E-state index contributed by atoms with van der Waals surface area (Å²) in [6, 6.07) is -4.45. The maximum Gasteiger partial charge on any atom is 0.326 e. The van der Waals surface area contributed by atoms with Gasteiger partial charge in [-0.2, -0.15) is 0 Å². The van der Waals surface area contributed by atoms with Gasteiger partial charge in [0.1, 0.15) is 18.1 Å². The van der Waals surface area contributed by atoms with Gasteiger partial charge in [0.05, 0.1) is 6.04 Å². The molecular weight excluding hydrogens is 462 g/mol. The highest BCUT2D eigenvalue weighted by molar-refractivity contribution is 5.94. The minimum absolute atomic E-state index is 0.0144. The van der Waals surface area contributed by atoms with E-state index < -0.39 is 53.8 Å². The van der Waals surface area contributed by atoms with Crippen LogP contribution in [0.1, 0.15) is 51.9 Å². The van der Waals surface area contributed by atoms with E-state index in [0.717, 1.165) is 0 Å². The van der Waals surface area contributed by atoms with Gasteiger partial charge in [-0.1, -0.05) is 0 Å². The Labute approximate surface area is 204 Å². The first-order chi connectivity index (χ1) is 16.4. The molecule has 0 aliphatic carbocycles. The van der Waals surface area contributed by atoms with Crippen molar-refractivity contribution in [2.75, 3.05) is 13.1 Å². The second kappa shape index (κ2) is 17.0. The molecule has 0 aromatic carbocycles. The van der Waals surface area contributed by atoms with E-state index in [4.69, 9.17) is 28.7 Å². The Morgan fingerprint density at radius 2 is 1.31 bits per heavy atom. The number of rotatable bonds is 18. The second-order valence-electron chi connectivity index (χ2n) is 8.05. The molecule has 0 saturated heterocycles. The molecule has 0 aromatic heterocycles. The van der Waals surface area contributed by atoms with Gasteiger partial charge in [0.15, 0.2) is 5.96 Å². The van der Waals surface area contributed by atoms with Crippen LogP contribution in [-0.4, -0.2) is 77.9 Å². The lowest BCUT2D eigenvalue weighted by Gasteiger charge is -2.25. The Hall–Kier alpha value is -3.46. The van der Waals surface area contributed by atoms with Gasteiger partial charge in [0.25, 0.3) is 0 Å². The summed E-state index contributed by atoms with van der Waals surface area (Å²) in [5.74, 6) is -4.25. The van der Waals surface area contributed by atoms with E-state index in [1.165, 1.54) is 6.92 Å². The van der Waals surface area contributed by atoms with E-state index in [9.17, 15) is 29.1 Å². The number of guanidine groups is 1. The highest BCUT2D eigenvalue weighted by Gasteiger charge is 2.29. The quantitative estimate of drug-likeness (QED) is 0.0503. The Bertz CT molecular complexity index is 755. The largest absolute Gasteiger partial charge is 0.480 e. The molecule has 15 nitrogen and oxygen atoms in total. The Morgan fingerprint density at radius 1 is 0.800 bits per heavy atom. The fraction of sp³-hybridized carbons (Fsp3) is 0.700. The van der Waals surface area contributed by atoms with E-state index in [-0.39, 0.29) is 44.6 Å². The number of amides is 4. The number of aliphatic carboxylic acids is 1. The monoisotopic (exact) mass is 501 g/mol. The number of carbonyl (C=O) groups excluding carboxylic acids is 4. The van der Waals surface area contributed by atoms with E-state index in [2.05, 4.69) is 20.9 Å². The van der Waals surface area contributed by atoms with Gasteiger partial charge in [0.2, 0.25) is 23.6 Å². The molecule has 4 atom stereocenters. The minimum atomic E-state index is -1.30. The van der Waals surface area contributed by atoms with Gasteiger partial charge < -0.3 is 49.7 Å². The number of nitrogens with one attached hydrogen (secondary N) is 3. The summed E-state index contributed by atoms with van der Waals surface area (Å²) in [5.41, 5.74) is 26.7. The average Bonchev–Trinajstić information content (AvgIpc) is 2.76. The first kappa shape index (κ1) is 31.5. The van der Waals surface area contributed by atoms with Crippen LogP contribution in [-0.2, 0) is 24.0 Å². The number of carboxylic acids is 1. The predicted molar refractivity (Wildman–Crippen MR) is 128 cm³/mol. The molecule has 14 N–H and O–H groups in total. The molecule has 0 radical (unpaired) electrons. The van der Waals surface area contributed by atoms with E-state index in [1.807, 2.05) is 0 Å². The summed E-state index contributed by atoms with van der Waals surface area (Å²) in [6.45, 7) is 2.00. The van der Waals surface area contributed by atoms with Crippen molar-refractivity contribution in [1.82, 2.24) is 16.0 Å². The molecule has 0 bridgehead atoms. The van der Waals surface area contributed by atoms with Gasteiger partial charge >= 0.3 is 5.97 Å². The molecular formula is C20H39N9O6. The number of aliphatic imine (C=N–C) groups is 1. The number of carbonyl (C=O) groups is 5. The number of nitrogens with zero attached hydrogens (tertiary/aromatic N) is 1. The summed E-state index contributed by atoms with van der Waals surface area (Å²) < 4.78 is 0. The maximum absolute atomic E-state index is 12.9. The van der Waals surface area contributed by atoms with E-state index in [0.29, 0.717) is 19.4 Å². The summed E-state index contributed by atoms with van der Waals surface area (Å²) in [4.78, 5) is 64.4. The first-order valence-electron chi connectivity index (χ1n) is 11.3. The van der Waals surface area contributed by atoms with Crippen molar-refractivity contribution < 1.29 is 29.1 Å². The number of carboxylic acid groups (broad SMARTS) is 1. The summed E-state index contributed by atoms with van der Waals surface area (Å²) >= 11 is 0.